The van der Waals surface area contributed by atoms with Crippen molar-refractivity contribution in [2.45, 2.75) is 71.3 Å². The molecule has 1 aliphatic carbocycles. The highest BCUT2D eigenvalue weighted by atomic mass is 16.6. The van der Waals surface area contributed by atoms with Gasteiger partial charge in [0.05, 0.1) is 24.0 Å². The molecule has 204 valence electrons. The maximum atomic E-state index is 12.8. The molecular formula is C30H41N5O3. The molecule has 3 N–H and O–H groups in total. The van der Waals surface area contributed by atoms with Gasteiger partial charge in [0, 0.05) is 25.3 Å². The van der Waals surface area contributed by atoms with E-state index < -0.39 is 5.60 Å². The Hall–Kier alpha value is -3.55. The first-order valence-electron chi connectivity index (χ1n) is 13.8. The molecule has 0 radical (unpaired) electrons. The van der Waals surface area contributed by atoms with Crippen LogP contribution in [0.4, 0.5) is 5.95 Å². The third-order valence-corrected chi connectivity index (χ3v) is 6.67. The Kier molecular flexibility index (Phi) is 9.26. The third-order valence-electron chi connectivity index (χ3n) is 6.67. The number of aromatic nitrogens is 2. The number of esters is 1. The number of ether oxygens (including phenoxy) is 1. The Bertz CT molecular complexity index is 1180. The van der Waals surface area contributed by atoms with Gasteiger partial charge in [-0.15, -0.1) is 0 Å². The molecule has 8 heteroatoms. The number of anilines is 1. The van der Waals surface area contributed by atoms with Gasteiger partial charge >= 0.3 is 5.97 Å². The molecule has 1 aromatic carbocycles. The molecule has 1 aliphatic heterocycles. The minimum atomic E-state index is -0.493. The van der Waals surface area contributed by atoms with E-state index in [2.05, 4.69) is 37.7 Å². The third kappa shape index (κ3) is 7.97. The zero-order valence-electron chi connectivity index (χ0n) is 22.9. The number of benzene rings is 1. The van der Waals surface area contributed by atoms with Gasteiger partial charge in [0.25, 0.3) is 0 Å². The van der Waals surface area contributed by atoms with Crippen LogP contribution in [0, 0.1) is 0 Å². The van der Waals surface area contributed by atoms with Crippen molar-refractivity contribution in [3.63, 3.8) is 0 Å². The molecule has 38 heavy (non-hydrogen) atoms. The van der Waals surface area contributed by atoms with E-state index in [-0.39, 0.29) is 11.9 Å². The van der Waals surface area contributed by atoms with Crippen molar-refractivity contribution in [3.05, 3.63) is 59.3 Å². The number of hydrogen-bond donors (Lipinski definition) is 3. The molecule has 0 unspecified atom stereocenters. The van der Waals surface area contributed by atoms with E-state index in [1.807, 2.05) is 51.1 Å². The van der Waals surface area contributed by atoms with Gasteiger partial charge in [-0.3, -0.25) is 9.59 Å². The fourth-order valence-electron chi connectivity index (χ4n) is 4.96. The van der Waals surface area contributed by atoms with Crippen LogP contribution in [-0.4, -0.2) is 58.5 Å². The first kappa shape index (κ1) is 27.5. The number of carbonyl (C=O) groups is 2. The predicted octanol–water partition coefficient (Wildman–Crippen LogP) is 5.23. The van der Waals surface area contributed by atoms with Crippen molar-refractivity contribution in [2.24, 2.45) is 0 Å². The summed E-state index contributed by atoms with van der Waals surface area (Å²) in [4.78, 5) is 35.2. The van der Waals surface area contributed by atoms with Crippen molar-refractivity contribution in [1.82, 2.24) is 20.2 Å². The van der Waals surface area contributed by atoms with Crippen LogP contribution in [0.15, 0.2) is 59.3 Å². The summed E-state index contributed by atoms with van der Waals surface area (Å²) in [6.07, 6.45) is 12.0. The Morgan fingerprint density at radius 1 is 1.13 bits per heavy atom. The molecule has 0 atom stereocenters. The summed E-state index contributed by atoms with van der Waals surface area (Å²) >= 11 is 0. The Labute approximate surface area is 225 Å². The topological polar surface area (TPSA) is 99.3 Å². The van der Waals surface area contributed by atoms with Crippen LogP contribution >= 0.6 is 0 Å². The highest BCUT2D eigenvalue weighted by Crippen LogP contribution is 2.33. The zero-order valence-corrected chi connectivity index (χ0v) is 22.9. The highest BCUT2D eigenvalue weighted by molar-refractivity contribution is 5.79. The summed E-state index contributed by atoms with van der Waals surface area (Å²) in [5, 5.41) is 6.43. The van der Waals surface area contributed by atoms with Crippen LogP contribution in [0.3, 0.4) is 0 Å². The maximum absolute atomic E-state index is 12.8. The number of nitrogens with one attached hydrogen (secondary N) is 3. The number of unbranched alkanes of at least 4 members (excludes halogenated alkanes) is 2. The number of amides is 1. The lowest BCUT2D eigenvalue weighted by Crippen LogP contribution is -2.38. The lowest BCUT2D eigenvalue weighted by atomic mass is 9.94. The Balaban J connectivity index is 1.19. The van der Waals surface area contributed by atoms with Gasteiger partial charge in [-0.05, 0) is 83.1 Å². The first-order chi connectivity index (χ1) is 18.3. The number of H-pyrrole nitrogens is 1. The van der Waals surface area contributed by atoms with Crippen molar-refractivity contribution < 1.29 is 14.3 Å². The predicted molar refractivity (Wildman–Crippen MR) is 152 cm³/mol. The van der Waals surface area contributed by atoms with Gasteiger partial charge < -0.3 is 25.3 Å². The minimum absolute atomic E-state index is 0.0378. The fourth-order valence-corrected chi connectivity index (χ4v) is 4.96. The second-order valence-electron chi connectivity index (χ2n) is 11.0. The molecule has 0 fully saturated rings. The molecule has 0 saturated heterocycles. The van der Waals surface area contributed by atoms with E-state index >= 15 is 0 Å². The zero-order chi connectivity index (χ0) is 27.0. The van der Waals surface area contributed by atoms with E-state index in [1.165, 1.54) is 5.57 Å². The van der Waals surface area contributed by atoms with Gasteiger partial charge in [0.1, 0.15) is 5.60 Å². The van der Waals surface area contributed by atoms with Crippen molar-refractivity contribution in [3.8, 4) is 0 Å². The molecule has 0 spiro atoms. The summed E-state index contributed by atoms with van der Waals surface area (Å²) in [5.41, 5.74) is 4.87. The largest absolute Gasteiger partial charge is 0.460 e. The van der Waals surface area contributed by atoms with E-state index in [0.717, 1.165) is 79.9 Å². The number of fused-ring (bicyclic) bond motifs is 2. The lowest BCUT2D eigenvalue weighted by molar-refractivity contribution is -0.154. The fraction of sp³-hybridized carbons (Fsp3) is 0.500. The normalized spacial score (nSPS) is 15.7. The van der Waals surface area contributed by atoms with E-state index in [4.69, 9.17) is 4.74 Å². The number of rotatable bonds is 11. The van der Waals surface area contributed by atoms with Crippen LogP contribution in [0.2, 0.25) is 0 Å². The molecule has 2 heterocycles. The molecule has 1 aromatic heterocycles. The summed E-state index contributed by atoms with van der Waals surface area (Å²) < 4.78 is 5.57. The van der Waals surface area contributed by atoms with Crippen LogP contribution in [0.1, 0.15) is 65.7 Å². The number of hydrogen-bond acceptors (Lipinski definition) is 6. The van der Waals surface area contributed by atoms with E-state index in [0.29, 0.717) is 19.5 Å². The number of imidazole rings is 1. The summed E-state index contributed by atoms with van der Waals surface area (Å²) in [6, 6.07) is 7.99. The maximum Gasteiger partial charge on any atom is 0.310 e. The van der Waals surface area contributed by atoms with Gasteiger partial charge in [0.2, 0.25) is 11.9 Å². The molecular weight excluding hydrogens is 478 g/mol. The van der Waals surface area contributed by atoms with Crippen molar-refractivity contribution in [2.75, 3.05) is 31.5 Å². The second-order valence-corrected chi connectivity index (χ2v) is 11.0. The van der Waals surface area contributed by atoms with Gasteiger partial charge in [-0.25, -0.2) is 4.98 Å². The van der Waals surface area contributed by atoms with Crippen LogP contribution in [0.25, 0.3) is 11.0 Å². The van der Waals surface area contributed by atoms with Gasteiger partial charge in [0.15, 0.2) is 0 Å². The van der Waals surface area contributed by atoms with Crippen molar-refractivity contribution in [1.29, 1.82) is 0 Å². The summed E-state index contributed by atoms with van der Waals surface area (Å²) in [5.74, 6) is 0.648. The number of allylic oxidation sites excluding steroid dienone is 4. The van der Waals surface area contributed by atoms with Crippen LogP contribution in [0.5, 0.6) is 0 Å². The number of aromatic amines is 1. The van der Waals surface area contributed by atoms with Crippen LogP contribution in [-0.2, 0) is 14.3 Å². The molecule has 2 aliphatic rings. The summed E-state index contributed by atoms with van der Waals surface area (Å²) in [7, 11) is 0. The SMILES string of the molecule is CC(C)(C)OC(=O)CC1=C2CC=CC=C2N(CC(=O)NCCCCCNc2nc3ccccc3[nH]2)CCC1. The second kappa shape index (κ2) is 12.8. The quantitative estimate of drug-likeness (QED) is 0.278. The van der Waals surface area contributed by atoms with Gasteiger partial charge in [-0.2, -0.15) is 0 Å². The number of para-hydroxylation sites is 2. The molecule has 0 bridgehead atoms. The average Bonchev–Trinajstić information content (AvgIpc) is 3.21. The monoisotopic (exact) mass is 519 g/mol. The van der Waals surface area contributed by atoms with Gasteiger partial charge in [-0.1, -0.05) is 29.9 Å². The molecule has 4 rings (SSSR count). The lowest BCUT2D eigenvalue weighted by Gasteiger charge is -2.28. The standard InChI is InChI=1S/C30H41N5O3/c1-30(2,3)38-28(37)20-22-12-11-19-35(26-16-8-5-13-23(22)26)21-27(36)31-17-9-4-10-18-32-29-33-24-14-6-7-15-25(24)34-29/h5-8,14-16H,4,9-13,17-21H2,1-3H3,(H,31,36)(H2,32,33,34). The highest BCUT2D eigenvalue weighted by Gasteiger charge is 2.26. The minimum Gasteiger partial charge on any atom is -0.460 e. The first-order valence-corrected chi connectivity index (χ1v) is 13.8. The Morgan fingerprint density at radius 3 is 2.76 bits per heavy atom. The molecule has 8 nitrogen and oxygen atoms in total. The number of carbonyl (C=O) groups excluding carboxylic acids is 2. The van der Waals surface area contributed by atoms with E-state index in [9.17, 15) is 9.59 Å². The van der Waals surface area contributed by atoms with Crippen LogP contribution < -0.4 is 10.6 Å². The molecule has 0 saturated carbocycles. The average molecular weight is 520 g/mol. The van der Waals surface area contributed by atoms with Crippen molar-refractivity contribution >= 4 is 28.9 Å². The number of nitrogens with zero attached hydrogens (tertiary/aromatic N) is 2. The summed E-state index contributed by atoms with van der Waals surface area (Å²) in [6.45, 7) is 8.31. The Morgan fingerprint density at radius 2 is 1.95 bits per heavy atom. The smallest absolute Gasteiger partial charge is 0.310 e. The molecule has 2 aromatic rings. The molecule has 1 amide bonds. The van der Waals surface area contributed by atoms with E-state index in [1.54, 1.807) is 0 Å².